The van der Waals surface area contributed by atoms with E-state index < -0.39 is 0 Å². The summed E-state index contributed by atoms with van der Waals surface area (Å²) in [6.45, 7) is 5.44. The molecule has 0 bridgehead atoms. The fraction of sp³-hybridized carbons (Fsp3) is 0.200. The van der Waals surface area contributed by atoms with Gasteiger partial charge in [0.05, 0.1) is 6.04 Å². The molecular weight excluding hydrogens is 167 g/mol. The van der Waals surface area contributed by atoms with Gasteiger partial charge >= 0.3 is 0 Å². The molecule has 2 nitrogen and oxygen atoms in total. The first-order valence-corrected chi connectivity index (χ1v) is 4.03. The molecule has 0 aliphatic rings. The fourth-order valence-electron chi connectivity index (χ4n) is 1.24. The van der Waals surface area contributed by atoms with Crippen LogP contribution >= 0.6 is 0 Å². The molecule has 0 spiro atoms. The molecule has 0 heterocycles. The highest BCUT2D eigenvalue weighted by molar-refractivity contribution is 5.28. The van der Waals surface area contributed by atoms with E-state index in [2.05, 4.69) is 12.0 Å². The number of hydrogen-bond donors (Lipinski definition) is 2. The van der Waals surface area contributed by atoms with Crippen molar-refractivity contribution in [2.75, 3.05) is 0 Å². The van der Waals surface area contributed by atoms with Gasteiger partial charge in [0, 0.05) is 0 Å². The average molecular weight is 180 g/mol. The number of benzene rings is 1. The predicted octanol–water partition coefficient (Wildman–Crippen LogP) is 1.82. The Balaban J connectivity index is 3.05. The molecule has 1 aromatic carbocycles. The van der Waals surface area contributed by atoms with Crippen LogP contribution in [0.25, 0.3) is 0 Å². The van der Waals surface area contributed by atoms with E-state index in [0.717, 1.165) is 11.1 Å². The van der Waals surface area contributed by atoms with E-state index >= 15 is 0 Å². The SMILES string of the molecule is C=CC(NN)c1cc(C)cc(F)c1. The Bertz CT molecular complexity index is 290. The van der Waals surface area contributed by atoms with Crippen molar-refractivity contribution < 1.29 is 4.39 Å². The molecule has 1 unspecified atom stereocenters. The fourth-order valence-corrected chi connectivity index (χ4v) is 1.24. The number of halogens is 1. The second kappa shape index (κ2) is 4.16. The number of nitrogens with two attached hydrogens (primary N) is 1. The zero-order valence-corrected chi connectivity index (χ0v) is 7.55. The van der Waals surface area contributed by atoms with Gasteiger partial charge in [-0.2, -0.15) is 0 Å². The van der Waals surface area contributed by atoms with Gasteiger partial charge < -0.3 is 0 Å². The van der Waals surface area contributed by atoms with Crippen LogP contribution in [-0.2, 0) is 0 Å². The van der Waals surface area contributed by atoms with Crippen LogP contribution in [0.4, 0.5) is 4.39 Å². The third-order valence-electron chi connectivity index (χ3n) is 1.84. The van der Waals surface area contributed by atoms with Crippen LogP contribution in [0.2, 0.25) is 0 Å². The smallest absolute Gasteiger partial charge is 0.123 e. The highest BCUT2D eigenvalue weighted by Crippen LogP contribution is 2.16. The van der Waals surface area contributed by atoms with Crippen molar-refractivity contribution in [3.63, 3.8) is 0 Å². The Kier molecular flexibility index (Phi) is 3.17. The standard InChI is InChI=1S/C10H13FN2/c1-3-10(13-12)8-4-7(2)5-9(11)6-8/h3-6,10,13H,1,12H2,2H3. The zero-order chi connectivity index (χ0) is 9.84. The molecule has 0 amide bonds. The van der Waals surface area contributed by atoms with E-state index in [9.17, 15) is 4.39 Å². The largest absolute Gasteiger partial charge is 0.271 e. The van der Waals surface area contributed by atoms with E-state index in [-0.39, 0.29) is 11.9 Å². The minimum atomic E-state index is -0.253. The number of aryl methyl sites for hydroxylation is 1. The van der Waals surface area contributed by atoms with Gasteiger partial charge in [-0.15, -0.1) is 6.58 Å². The number of hydrogen-bond acceptors (Lipinski definition) is 2. The molecule has 3 heteroatoms. The van der Waals surface area contributed by atoms with E-state index in [0.29, 0.717) is 0 Å². The molecule has 1 rings (SSSR count). The first-order chi connectivity index (χ1) is 6.17. The summed E-state index contributed by atoms with van der Waals surface area (Å²) < 4.78 is 13.0. The Labute approximate surface area is 77.2 Å². The van der Waals surface area contributed by atoms with E-state index in [4.69, 9.17) is 5.84 Å². The highest BCUT2D eigenvalue weighted by atomic mass is 19.1. The molecule has 0 aliphatic carbocycles. The monoisotopic (exact) mass is 180 g/mol. The van der Waals surface area contributed by atoms with Crippen LogP contribution in [0, 0.1) is 12.7 Å². The first kappa shape index (κ1) is 9.89. The van der Waals surface area contributed by atoms with Crippen molar-refractivity contribution in [3.8, 4) is 0 Å². The number of hydrazine groups is 1. The van der Waals surface area contributed by atoms with E-state index in [1.165, 1.54) is 12.1 Å². The lowest BCUT2D eigenvalue weighted by atomic mass is 10.0. The van der Waals surface area contributed by atoms with Crippen LogP contribution in [-0.4, -0.2) is 0 Å². The molecule has 0 saturated heterocycles. The normalized spacial score (nSPS) is 12.5. The van der Waals surface area contributed by atoms with Gasteiger partial charge in [-0.05, 0) is 30.2 Å². The maximum Gasteiger partial charge on any atom is 0.123 e. The molecule has 0 radical (unpaired) electrons. The second-order valence-electron chi connectivity index (χ2n) is 2.94. The lowest BCUT2D eigenvalue weighted by Gasteiger charge is -2.11. The van der Waals surface area contributed by atoms with Crippen LogP contribution in [0.3, 0.4) is 0 Å². The van der Waals surface area contributed by atoms with E-state index in [1.807, 2.05) is 13.0 Å². The summed E-state index contributed by atoms with van der Waals surface area (Å²) in [5.41, 5.74) is 4.20. The summed E-state index contributed by atoms with van der Waals surface area (Å²) in [5, 5.41) is 0. The summed E-state index contributed by atoms with van der Waals surface area (Å²) in [7, 11) is 0. The van der Waals surface area contributed by atoms with Crippen LogP contribution in [0.15, 0.2) is 30.9 Å². The molecule has 0 aliphatic heterocycles. The summed E-state index contributed by atoms with van der Waals surface area (Å²) in [5.74, 6) is 5.02. The van der Waals surface area contributed by atoms with Gasteiger partial charge in [0.1, 0.15) is 5.82 Å². The third kappa shape index (κ3) is 2.37. The molecule has 13 heavy (non-hydrogen) atoms. The Morgan fingerprint density at radius 2 is 2.23 bits per heavy atom. The quantitative estimate of drug-likeness (QED) is 0.423. The predicted molar refractivity (Wildman–Crippen MR) is 51.4 cm³/mol. The minimum absolute atomic E-state index is 0.200. The van der Waals surface area contributed by atoms with Gasteiger partial charge in [-0.1, -0.05) is 12.1 Å². The maximum absolute atomic E-state index is 13.0. The molecular formula is C10H13FN2. The Morgan fingerprint density at radius 3 is 2.69 bits per heavy atom. The van der Waals surface area contributed by atoms with Gasteiger partial charge in [-0.3, -0.25) is 5.84 Å². The molecule has 0 aromatic heterocycles. The zero-order valence-electron chi connectivity index (χ0n) is 7.55. The highest BCUT2D eigenvalue weighted by Gasteiger charge is 2.06. The molecule has 1 aromatic rings. The molecule has 0 fully saturated rings. The first-order valence-electron chi connectivity index (χ1n) is 4.03. The van der Waals surface area contributed by atoms with Gasteiger partial charge in [0.25, 0.3) is 0 Å². The van der Waals surface area contributed by atoms with Gasteiger partial charge in [-0.25, -0.2) is 9.82 Å². The van der Waals surface area contributed by atoms with Crippen molar-refractivity contribution in [2.45, 2.75) is 13.0 Å². The van der Waals surface area contributed by atoms with Crippen molar-refractivity contribution in [3.05, 3.63) is 47.8 Å². The van der Waals surface area contributed by atoms with Gasteiger partial charge in [0.15, 0.2) is 0 Å². The molecule has 1 atom stereocenters. The lowest BCUT2D eigenvalue weighted by molar-refractivity contribution is 0.610. The summed E-state index contributed by atoms with van der Waals surface area (Å²) in [6.07, 6.45) is 1.63. The van der Waals surface area contributed by atoms with Crippen molar-refractivity contribution in [1.29, 1.82) is 0 Å². The van der Waals surface area contributed by atoms with E-state index in [1.54, 1.807) is 6.08 Å². The van der Waals surface area contributed by atoms with Crippen LogP contribution in [0.1, 0.15) is 17.2 Å². The van der Waals surface area contributed by atoms with Gasteiger partial charge in [0.2, 0.25) is 0 Å². The van der Waals surface area contributed by atoms with Crippen molar-refractivity contribution in [1.82, 2.24) is 5.43 Å². The summed E-state index contributed by atoms with van der Waals surface area (Å²) >= 11 is 0. The molecule has 3 N–H and O–H groups in total. The maximum atomic E-state index is 13.0. The van der Waals surface area contributed by atoms with Crippen molar-refractivity contribution >= 4 is 0 Å². The molecule has 0 saturated carbocycles. The number of nitrogens with one attached hydrogen (secondary N) is 1. The number of rotatable bonds is 3. The minimum Gasteiger partial charge on any atom is -0.271 e. The Morgan fingerprint density at radius 1 is 1.54 bits per heavy atom. The third-order valence-corrected chi connectivity index (χ3v) is 1.84. The van der Waals surface area contributed by atoms with Crippen LogP contribution < -0.4 is 11.3 Å². The lowest BCUT2D eigenvalue weighted by Crippen LogP contribution is -2.26. The molecule has 70 valence electrons. The average Bonchev–Trinajstić information content (AvgIpc) is 2.04. The summed E-state index contributed by atoms with van der Waals surface area (Å²) in [4.78, 5) is 0. The Hall–Kier alpha value is -1.19. The van der Waals surface area contributed by atoms with Crippen molar-refractivity contribution in [2.24, 2.45) is 5.84 Å². The summed E-state index contributed by atoms with van der Waals surface area (Å²) in [6, 6.07) is 4.59. The topological polar surface area (TPSA) is 38.0 Å². The second-order valence-corrected chi connectivity index (χ2v) is 2.94. The van der Waals surface area contributed by atoms with Crippen LogP contribution in [0.5, 0.6) is 0 Å².